The number of thioether (sulfide) groups is 2. The zero-order valence-electron chi connectivity index (χ0n) is 18.0. The molecule has 9 heteroatoms. The Kier molecular flexibility index (Phi) is 7.54. The molecule has 0 spiro atoms. The van der Waals surface area contributed by atoms with Crippen LogP contribution < -0.4 is 16.0 Å². The second kappa shape index (κ2) is 10.7. The van der Waals surface area contributed by atoms with E-state index in [-0.39, 0.29) is 17.7 Å². The van der Waals surface area contributed by atoms with Gasteiger partial charge in [-0.2, -0.15) is 0 Å². The number of anilines is 3. The molecule has 0 unspecified atom stereocenters. The molecule has 3 aromatic carbocycles. The van der Waals surface area contributed by atoms with Crippen molar-refractivity contribution in [3.8, 4) is 0 Å². The average molecular weight is 495 g/mol. The second-order valence-electron chi connectivity index (χ2n) is 7.13. The first-order valence-electron chi connectivity index (χ1n) is 10.1. The van der Waals surface area contributed by atoms with Gasteiger partial charge in [0, 0.05) is 22.0 Å². The molecule has 0 aliphatic carbocycles. The Balaban J connectivity index is 1.35. The second-order valence-corrected chi connectivity index (χ2v) is 10.3. The first kappa shape index (κ1) is 23.2. The van der Waals surface area contributed by atoms with E-state index in [9.17, 15) is 9.59 Å². The van der Waals surface area contributed by atoms with Crippen LogP contribution in [0.15, 0.2) is 76.0 Å². The number of benzene rings is 3. The number of carbonyl (C=O) groups is 2. The molecule has 3 amide bonds. The molecule has 33 heavy (non-hydrogen) atoms. The van der Waals surface area contributed by atoms with Gasteiger partial charge in [-0.1, -0.05) is 36.0 Å². The summed E-state index contributed by atoms with van der Waals surface area (Å²) in [5, 5.41) is 8.65. The first-order chi connectivity index (χ1) is 16.0. The summed E-state index contributed by atoms with van der Waals surface area (Å²) in [6, 6.07) is 20.6. The van der Waals surface area contributed by atoms with Crippen molar-refractivity contribution in [3.63, 3.8) is 0 Å². The molecule has 0 saturated heterocycles. The van der Waals surface area contributed by atoms with Crippen LogP contribution in [0.1, 0.15) is 5.56 Å². The van der Waals surface area contributed by atoms with Crippen molar-refractivity contribution < 1.29 is 9.59 Å². The number of aromatic nitrogens is 1. The molecule has 4 aromatic rings. The summed E-state index contributed by atoms with van der Waals surface area (Å²) in [4.78, 5) is 30.4. The Bertz CT molecular complexity index is 1310. The SMILES string of the molecule is CSc1cccc(NC(=O)Nc2ccc3nc(SCC(=O)Nc4ccccc4C)sc3c2)c1. The van der Waals surface area contributed by atoms with Gasteiger partial charge in [-0.05, 0) is 61.2 Å². The molecule has 0 bridgehead atoms. The van der Waals surface area contributed by atoms with E-state index in [1.807, 2.05) is 79.9 Å². The van der Waals surface area contributed by atoms with E-state index in [0.29, 0.717) is 5.69 Å². The van der Waals surface area contributed by atoms with Gasteiger partial charge in [0.15, 0.2) is 4.34 Å². The number of amides is 3. The standard InChI is InChI=1S/C24H22N4O2S3/c1-15-6-3-4-9-19(15)27-22(29)14-32-24-28-20-11-10-17(13-21(20)33-24)26-23(30)25-16-7-5-8-18(12-16)31-2/h3-13H,14H2,1-2H3,(H,27,29)(H2,25,26,30). The van der Waals surface area contributed by atoms with Crippen molar-refractivity contribution in [2.24, 2.45) is 0 Å². The van der Waals surface area contributed by atoms with E-state index >= 15 is 0 Å². The van der Waals surface area contributed by atoms with Crippen molar-refractivity contribution in [2.45, 2.75) is 16.2 Å². The fourth-order valence-electron chi connectivity index (χ4n) is 3.06. The highest BCUT2D eigenvalue weighted by Crippen LogP contribution is 2.31. The average Bonchev–Trinajstić information content (AvgIpc) is 3.21. The van der Waals surface area contributed by atoms with Crippen molar-refractivity contribution in [3.05, 3.63) is 72.3 Å². The number of nitrogens with zero attached hydrogens (tertiary/aromatic N) is 1. The molecule has 0 aliphatic rings. The van der Waals surface area contributed by atoms with Gasteiger partial charge in [-0.3, -0.25) is 4.79 Å². The predicted molar refractivity (Wildman–Crippen MR) is 141 cm³/mol. The number of aryl methyl sites for hydroxylation is 1. The molecule has 168 valence electrons. The molecule has 0 saturated carbocycles. The molecule has 3 N–H and O–H groups in total. The lowest BCUT2D eigenvalue weighted by molar-refractivity contribution is -0.113. The maximum Gasteiger partial charge on any atom is 0.323 e. The number of para-hydroxylation sites is 1. The van der Waals surface area contributed by atoms with Gasteiger partial charge in [0.25, 0.3) is 0 Å². The van der Waals surface area contributed by atoms with Crippen LogP contribution in [0.5, 0.6) is 0 Å². The van der Waals surface area contributed by atoms with Gasteiger partial charge < -0.3 is 16.0 Å². The summed E-state index contributed by atoms with van der Waals surface area (Å²) in [6.07, 6.45) is 1.99. The van der Waals surface area contributed by atoms with Crippen molar-refractivity contribution in [2.75, 3.05) is 28.0 Å². The molecule has 0 fully saturated rings. The minimum Gasteiger partial charge on any atom is -0.325 e. The third-order valence-corrected chi connectivity index (χ3v) is 7.59. The summed E-state index contributed by atoms with van der Waals surface area (Å²) < 4.78 is 1.75. The number of thiazole rings is 1. The number of hydrogen-bond acceptors (Lipinski definition) is 6. The van der Waals surface area contributed by atoms with E-state index in [2.05, 4.69) is 20.9 Å². The Morgan fingerprint density at radius 2 is 1.73 bits per heavy atom. The number of nitrogens with one attached hydrogen (secondary N) is 3. The highest BCUT2D eigenvalue weighted by Gasteiger charge is 2.11. The number of rotatable bonds is 7. The monoisotopic (exact) mass is 494 g/mol. The normalized spacial score (nSPS) is 10.7. The van der Waals surface area contributed by atoms with Crippen LogP contribution in [0.25, 0.3) is 10.2 Å². The van der Waals surface area contributed by atoms with E-state index in [1.54, 1.807) is 11.8 Å². The van der Waals surface area contributed by atoms with Gasteiger partial charge in [0.1, 0.15) is 0 Å². The lowest BCUT2D eigenvalue weighted by Gasteiger charge is -2.08. The maximum atomic E-state index is 12.4. The molecule has 0 aliphatic heterocycles. The summed E-state index contributed by atoms with van der Waals surface area (Å²) in [7, 11) is 0. The van der Waals surface area contributed by atoms with Crippen LogP contribution >= 0.6 is 34.9 Å². The lowest BCUT2D eigenvalue weighted by atomic mass is 10.2. The Labute approximate surface area is 204 Å². The number of carbonyl (C=O) groups excluding carboxylic acids is 2. The van der Waals surface area contributed by atoms with Crippen molar-refractivity contribution >= 4 is 74.1 Å². The van der Waals surface area contributed by atoms with Crippen molar-refractivity contribution in [1.82, 2.24) is 4.98 Å². The fraction of sp³-hybridized carbons (Fsp3) is 0.125. The molecule has 0 radical (unpaired) electrons. The summed E-state index contributed by atoms with van der Waals surface area (Å²) in [5.41, 5.74) is 4.10. The summed E-state index contributed by atoms with van der Waals surface area (Å²) in [5.74, 6) is 0.203. The molecule has 0 atom stereocenters. The Morgan fingerprint density at radius 3 is 2.52 bits per heavy atom. The van der Waals surface area contributed by atoms with Crippen molar-refractivity contribution in [1.29, 1.82) is 0 Å². The number of urea groups is 1. The molecule has 4 rings (SSSR count). The molecule has 6 nitrogen and oxygen atoms in total. The summed E-state index contributed by atoms with van der Waals surface area (Å²) in [6.45, 7) is 1.96. The Hall–Kier alpha value is -3.01. The maximum absolute atomic E-state index is 12.4. The fourth-order valence-corrected chi connectivity index (χ4v) is 5.43. The van der Waals surface area contributed by atoms with Crippen LogP contribution in [0.4, 0.5) is 21.9 Å². The van der Waals surface area contributed by atoms with Crippen LogP contribution in [-0.2, 0) is 4.79 Å². The number of hydrogen-bond donors (Lipinski definition) is 3. The minimum absolute atomic E-state index is 0.0712. The molecule has 1 aromatic heterocycles. The van der Waals surface area contributed by atoms with Crippen LogP contribution in [0, 0.1) is 6.92 Å². The van der Waals surface area contributed by atoms with Crippen LogP contribution in [0.3, 0.4) is 0 Å². The highest BCUT2D eigenvalue weighted by molar-refractivity contribution is 8.01. The zero-order chi connectivity index (χ0) is 23.2. The molecular formula is C24H22N4O2S3. The predicted octanol–water partition coefficient (Wildman–Crippen LogP) is 6.70. The van der Waals surface area contributed by atoms with E-state index < -0.39 is 0 Å². The van der Waals surface area contributed by atoms with Crippen LogP contribution in [-0.4, -0.2) is 28.9 Å². The van der Waals surface area contributed by atoms with Gasteiger partial charge in [-0.25, -0.2) is 9.78 Å². The third kappa shape index (κ3) is 6.28. The first-order valence-corrected chi connectivity index (χ1v) is 13.1. The molecule has 1 heterocycles. The lowest BCUT2D eigenvalue weighted by Crippen LogP contribution is -2.19. The molecular weight excluding hydrogens is 472 g/mol. The topological polar surface area (TPSA) is 83.1 Å². The largest absolute Gasteiger partial charge is 0.325 e. The summed E-state index contributed by atoms with van der Waals surface area (Å²) >= 11 is 4.51. The van der Waals surface area contributed by atoms with Gasteiger partial charge in [0.05, 0.1) is 16.0 Å². The Morgan fingerprint density at radius 1 is 0.939 bits per heavy atom. The quantitative estimate of drug-likeness (QED) is 0.249. The smallest absolute Gasteiger partial charge is 0.323 e. The zero-order valence-corrected chi connectivity index (χ0v) is 20.5. The van der Waals surface area contributed by atoms with E-state index in [0.717, 1.165) is 36.4 Å². The van der Waals surface area contributed by atoms with Gasteiger partial charge in [-0.15, -0.1) is 23.1 Å². The third-order valence-electron chi connectivity index (χ3n) is 4.70. The highest BCUT2D eigenvalue weighted by atomic mass is 32.2. The van der Waals surface area contributed by atoms with Crippen LogP contribution in [0.2, 0.25) is 0 Å². The van der Waals surface area contributed by atoms with E-state index in [1.165, 1.54) is 23.1 Å². The number of fused-ring (bicyclic) bond motifs is 1. The van der Waals surface area contributed by atoms with E-state index in [4.69, 9.17) is 0 Å². The minimum atomic E-state index is -0.306. The van der Waals surface area contributed by atoms with Gasteiger partial charge in [0.2, 0.25) is 5.91 Å². The van der Waals surface area contributed by atoms with Gasteiger partial charge >= 0.3 is 6.03 Å².